The normalized spacial score (nSPS) is 9.95. The Morgan fingerprint density at radius 3 is 2.21 bits per heavy atom. The van der Waals surface area contributed by atoms with Gasteiger partial charge in [-0.3, -0.25) is 0 Å². The van der Waals surface area contributed by atoms with Gasteiger partial charge >= 0.3 is 0 Å². The Hall–Kier alpha value is -1.62. The third kappa shape index (κ3) is 2.71. The molecule has 6 heteroatoms. The predicted octanol–water partition coefficient (Wildman–Crippen LogP) is 3.64. The number of hydrogen-bond donors (Lipinski definition) is 0. The lowest BCUT2D eigenvalue weighted by molar-refractivity contribution is 0.404. The number of pyridine rings is 1. The molecule has 96 valence electrons. The molecule has 1 aromatic carbocycles. The van der Waals surface area contributed by atoms with Crippen molar-refractivity contribution in [3.63, 3.8) is 0 Å². The highest BCUT2D eigenvalue weighted by Crippen LogP contribution is 2.24. The first kappa shape index (κ1) is 13.8. The minimum absolute atomic E-state index is 0.308. The van der Waals surface area contributed by atoms with Crippen LogP contribution < -0.4 is 0 Å². The molecule has 0 bridgehead atoms. The fourth-order valence-corrected chi connectivity index (χ4v) is 1.89. The summed E-state index contributed by atoms with van der Waals surface area (Å²) in [4.78, 5) is 3.86. The summed E-state index contributed by atoms with van der Waals surface area (Å²) in [6, 6.07) is 4.87. The van der Waals surface area contributed by atoms with Gasteiger partial charge in [0.05, 0.1) is 9.13 Å². The highest BCUT2D eigenvalue weighted by atomic mass is 127. The predicted molar refractivity (Wildman–Crippen MR) is 69.2 cm³/mol. The van der Waals surface area contributed by atoms with Gasteiger partial charge in [0.1, 0.15) is 5.69 Å². The van der Waals surface area contributed by atoms with Crippen LogP contribution in [0.15, 0.2) is 24.4 Å². The Labute approximate surface area is 119 Å². The van der Waals surface area contributed by atoms with E-state index in [0.717, 1.165) is 0 Å². The summed E-state index contributed by atoms with van der Waals surface area (Å²) in [5.74, 6) is -1.96. The van der Waals surface area contributed by atoms with Crippen molar-refractivity contribution >= 4 is 22.6 Å². The first-order chi connectivity index (χ1) is 9.02. The SMILES string of the molecule is Fc1c(F)c(F)c(C#Cc2ccccn2)c(I)c1F. The largest absolute Gasteiger partial charge is 0.248 e. The Morgan fingerprint density at radius 2 is 1.58 bits per heavy atom. The van der Waals surface area contributed by atoms with Crippen molar-refractivity contribution in [2.45, 2.75) is 0 Å². The van der Waals surface area contributed by atoms with Crippen LogP contribution in [0.25, 0.3) is 0 Å². The molecular formula is C13H4F4IN. The Bertz CT molecular complexity index is 660. The summed E-state index contributed by atoms with van der Waals surface area (Å²) in [6.45, 7) is 0. The maximum atomic E-state index is 13.5. The summed E-state index contributed by atoms with van der Waals surface area (Å²) in [5, 5.41) is 0. The van der Waals surface area contributed by atoms with E-state index in [0.29, 0.717) is 5.69 Å². The third-order valence-corrected chi connectivity index (χ3v) is 3.20. The maximum Gasteiger partial charge on any atom is 0.198 e. The molecule has 0 aliphatic rings. The maximum absolute atomic E-state index is 13.5. The first-order valence-electron chi connectivity index (χ1n) is 4.97. The minimum atomic E-state index is -1.87. The fraction of sp³-hybridized carbons (Fsp3) is 0. The topological polar surface area (TPSA) is 12.9 Å². The Kier molecular flexibility index (Phi) is 4.04. The summed E-state index contributed by atoms with van der Waals surface area (Å²) in [6.07, 6.45) is 1.47. The van der Waals surface area contributed by atoms with E-state index in [9.17, 15) is 17.6 Å². The van der Waals surface area contributed by atoms with Crippen LogP contribution in [0.5, 0.6) is 0 Å². The van der Waals surface area contributed by atoms with E-state index in [1.807, 2.05) is 0 Å². The van der Waals surface area contributed by atoms with Gasteiger partial charge in [0, 0.05) is 6.20 Å². The molecule has 0 spiro atoms. The fourth-order valence-electron chi connectivity index (χ4n) is 1.28. The number of benzene rings is 1. The lowest BCUT2D eigenvalue weighted by Gasteiger charge is -2.03. The quantitative estimate of drug-likeness (QED) is 0.225. The van der Waals surface area contributed by atoms with Crippen molar-refractivity contribution in [3.05, 3.63) is 62.5 Å². The molecule has 2 aromatic rings. The van der Waals surface area contributed by atoms with E-state index < -0.39 is 32.4 Å². The van der Waals surface area contributed by atoms with Crippen LogP contribution in [0.2, 0.25) is 0 Å². The molecule has 1 nitrogen and oxygen atoms in total. The van der Waals surface area contributed by atoms with Gasteiger partial charge in [0.2, 0.25) is 0 Å². The zero-order valence-electron chi connectivity index (χ0n) is 9.15. The lowest BCUT2D eigenvalue weighted by Crippen LogP contribution is -2.03. The lowest BCUT2D eigenvalue weighted by atomic mass is 10.2. The second-order valence-corrected chi connectivity index (χ2v) is 4.49. The second-order valence-electron chi connectivity index (χ2n) is 3.41. The molecule has 0 radical (unpaired) electrons. The standard InChI is InChI=1S/C13H4F4IN/c14-9-8(5-4-7-3-1-2-6-19-7)13(18)12(17)11(16)10(9)15/h1-3,6H. The van der Waals surface area contributed by atoms with Gasteiger partial charge in [-0.25, -0.2) is 22.5 Å². The summed E-state index contributed by atoms with van der Waals surface area (Å²) in [7, 11) is 0. The molecule has 0 amide bonds. The Balaban J connectivity index is 2.57. The molecule has 2 rings (SSSR count). The molecule has 0 fully saturated rings. The zero-order chi connectivity index (χ0) is 14.0. The smallest absolute Gasteiger partial charge is 0.198 e. The van der Waals surface area contributed by atoms with Gasteiger partial charge in [-0.1, -0.05) is 12.0 Å². The molecule has 0 unspecified atom stereocenters. The summed E-state index contributed by atoms with van der Waals surface area (Å²) in [5.41, 5.74) is -0.217. The van der Waals surface area contributed by atoms with E-state index in [-0.39, 0.29) is 0 Å². The van der Waals surface area contributed by atoms with Crippen molar-refractivity contribution in [1.29, 1.82) is 0 Å². The van der Waals surface area contributed by atoms with Gasteiger partial charge in [-0.15, -0.1) is 0 Å². The van der Waals surface area contributed by atoms with Crippen LogP contribution in [-0.2, 0) is 0 Å². The molecule has 1 heterocycles. The average molecular weight is 377 g/mol. The highest BCUT2D eigenvalue weighted by Gasteiger charge is 2.22. The van der Waals surface area contributed by atoms with E-state index in [2.05, 4.69) is 16.8 Å². The van der Waals surface area contributed by atoms with Crippen LogP contribution in [0, 0.1) is 38.7 Å². The van der Waals surface area contributed by atoms with E-state index >= 15 is 0 Å². The van der Waals surface area contributed by atoms with Gasteiger partial charge < -0.3 is 0 Å². The molecule has 0 saturated heterocycles. The first-order valence-corrected chi connectivity index (χ1v) is 6.04. The van der Waals surface area contributed by atoms with Gasteiger partial charge in [0.15, 0.2) is 23.3 Å². The van der Waals surface area contributed by atoms with Crippen molar-refractivity contribution in [1.82, 2.24) is 4.98 Å². The van der Waals surface area contributed by atoms with Crippen LogP contribution >= 0.6 is 22.6 Å². The molecule has 0 aliphatic heterocycles. The van der Waals surface area contributed by atoms with Gasteiger partial charge in [0.25, 0.3) is 0 Å². The highest BCUT2D eigenvalue weighted by molar-refractivity contribution is 14.1. The zero-order valence-corrected chi connectivity index (χ0v) is 11.3. The minimum Gasteiger partial charge on any atom is -0.248 e. The average Bonchev–Trinajstić information content (AvgIpc) is 2.44. The summed E-state index contributed by atoms with van der Waals surface area (Å²) >= 11 is 1.37. The molecule has 19 heavy (non-hydrogen) atoms. The van der Waals surface area contributed by atoms with Gasteiger partial charge in [-0.2, -0.15) is 0 Å². The van der Waals surface area contributed by atoms with Crippen LogP contribution in [0.3, 0.4) is 0 Å². The van der Waals surface area contributed by atoms with Gasteiger partial charge in [-0.05, 0) is 40.6 Å². The van der Waals surface area contributed by atoms with E-state index in [1.54, 1.807) is 18.2 Å². The van der Waals surface area contributed by atoms with Crippen LogP contribution in [0.4, 0.5) is 17.6 Å². The molecule has 1 aromatic heterocycles. The van der Waals surface area contributed by atoms with Crippen molar-refractivity contribution < 1.29 is 17.6 Å². The monoisotopic (exact) mass is 377 g/mol. The number of rotatable bonds is 0. The molecular weight excluding hydrogens is 373 g/mol. The second kappa shape index (κ2) is 5.57. The third-order valence-electron chi connectivity index (χ3n) is 2.19. The van der Waals surface area contributed by atoms with E-state index in [1.165, 1.54) is 28.8 Å². The van der Waals surface area contributed by atoms with Crippen molar-refractivity contribution in [2.75, 3.05) is 0 Å². The molecule has 0 aliphatic carbocycles. The van der Waals surface area contributed by atoms with E-state index in [4.69, 9.17) is 0 Å². The Morgan fingerprint density at radius 1 is 0.895 bits per heavy atom. The number of halogens is 5. The van der Waals surface area contributed by atoms with Crippen molar-refractivity contribution in [3.8, 4) is 11.8 Å². The molecule has 0 atom stereocenters. The van der Waals surface area contributed by atoms with Crippen LogP contribution in [-0.4, -0.2) is 4.98 Å². The molecule has 0 N–H and O–H groups in total. The number of aromatic nitrogens is 1. The number of nitrogens with zero attached hydrogens (tertiary/aromatic N) is 1. The van der Waals surface area contributed by atoms with Crippen molar-refractivity contribution in [2.24, 2.45) is 0 Å². The molecule has 0 saturated carbocycles. The number of hydrogen-bond acceptors (Lipinski definition) is 1. The summed E-state index contributed by atoms with van der Waals surface area (Å²) < 4.78 is 52.4. The van der Waals surface area contributed by atoms with Crippen LogP contribution in [0.1, 0.15) is 11.3 Å².